The highest BCUT2D eigenvalue weighted by molar-refractivity contribution is 7.80. The Hall–Kier alpha value is -1.67. The van der Waals surface area contributed by atoms with Gasteiger partial charge in [0.15, 0.2) is 16.6 Å². The Kier molecular flexibility index (Phi) is 3.81. The lowest BCUT2D eigenvalue weighted by Crippen LogP contribution is -2.34. The summed E-state index contributed by atoms with van der Waals surface area (Å²) in [5.41, 5.74) is 0.542. The van der Waals surface area contributed by atoms with Crippen LogP contribution in [0.25, 0.3) is 0 Å². The minimum absolute atomic E-state index is 0.00350. The number of halogens is 2. The van der Waals surface area contributed by atoms with Crippen LogP contribution in [0.5, 0.6) is 11.5 Å². The first-order chi connectivity index (χ1) is 10.0. The topological polar surface area (TPSA) is 51.8 Å². The lowest BCUT2D eigenvalue weighted by atomic mass is 10.2. The second-order valence-electron chi connectivity index (χ2n) is 4.80. The summed E-state index contributed by atoms with van der Waals surface area (Å²) in [6, 6.07) is 4.40. The van der Waals surface area contributed by atoms with Gasteiger partial charge in [0.25, 0.3) is 0 Å². The summed E-state index contributed by atoms with van der Waals surface area (Å²) < 4.78 is 40.0. The van der Waals surface area contributed by atoms with Gasteiger partial charge in [-0.15, -0.1) is 8.78 Å². The number of ether oxygens (including phenoxy) is 3. The van der Waals surface area contributed by atoms with E-state index in [1.807, 2.05) is 0 Å². The molecule has 0 radical (unpaired) electrons. The van der Waals surface area contributed by atoms with Crippen LogP contribution in [-0.4, -0.2) is 30.7 Å². The summed E-state index contributed by atoms with van der Waals surface area (Å²) in [7, 11) is 0. The third kappa shape index (κ3) is 3.51. The molecule has 1 saturated heterocycles. The van der Waals surface area contributed by atoms with Gasteiger partial charge in [-0.25, -0.2) is 0 Å². The van der Waals surface area contributed by atoms with Crippen LogP contribution < -0.4 is 20.1 Å². The molecule has 2 aliphatic heterocycles. The molecule has 2 heterocycles. The molecule has 1 aromatic rings. The SMILES string of the molecule is FC1(F)Oc2ccc(NC(=S)NC[C@H]3CCCO3)cc2O1. The van der Waals surface area contributed by atoms with E-state index in [0.29, 0.717) is 17.3 Å². The van der Waals surface area contributed by atoms with Crippen LogP contribution in [0.2, 0.25) is 0 Å². The van der Waals surface area contributed by atoms with Gasteiger partial charge >= 0.3 is 6.29 Å². The van der Waals surface area contributed by atoms with E-state index >= 15 is 0 Å². The molecule has 0 spiro atoms. The summed E-state index contributed by atoms with van der Waals surface area (Å²) in [5, 5.41) is 6.34. The summed E-state index contributed by atoms with van der Waals surface area (Å²) in [4.78, 5) is 0. The Morgan fingerprint density at radius 2 is 2.14 bits per heavy atom. The number of alkyl halides is 2. The van der Waals surface area contributed by atoms with Crippen molar-refractivity contribution in [1.82, 2.24) is 5.32 Å². The smallest absolute Gasteiger partial charge is 0.395 e. The fourth-order valence-corrected chi connectivity index (χ4v) is 2.42. The van der Waals surface area contributed by atoms with Crippen molar-refractivity contribution in [2.75, 3.05) is 18.5 Å². The summed E-state index contributed by atoms with van der Waals surface area (Å²) in [6.07, 6.45) is -1.38. The molecule has 1 atom stereocenters. The highest BCUT2D eigenvalue weighted by Gasteiger charge is 2.43. The van der Waals surface area contributed by atoms with Crippen molar-refractivity contribution >= 4 is 23.0 Å². The highest BCUT2D eigenvalue weighted by atomic mass is 32.1. The summed E-state index contributed by atoms with van der Waals surface area (Å²) in [5.74, 6) is -0.0179. The van der Waals surface area contributed by atoms with Crippen molar-refractivity contribution in [3.8, 4) is 11.5 Å². The maximum Gasteiger partial charge on any atom is 0.586 e. The molecular weight excluding hydrogens is 302 g/mol. The molecule has 114 valence electrons. The highest BCUT2D eigenvalue weighted by Crippen LogP contribution is 2.42. The quantitative estimate of drug-likeness (QED) is 0.836. The van der Waals surface area contributed by atoms with Crippen LogP contribution in [0, 0.1) is 0 Å². The van der Waals surface area contributed by atoms with E-state index in [0.717, 1.165) is 19.4 Å². The van der Waals surface area contributed by atoms with E-state index in [1.54, 1.807) is 6.07 Å². The predicted octanol–water partition coefficient (Wildman–Crippen LogP) is 2.47. The van der Waals surface area contributed by atoms with Crippen molar-refractivity contribution in [3.05, 3.63) is 18.2 Å². The van der Waals surface area contributed by atoms with E-state index in [9.17, 15) is 8.78 Å². The molecule has 0 bridgehead atoms. The molecule has 2 N–H and O–H groups in total. The van der Waals surface area contributed by atoms with Gasteiger partial charge in [-0.3, -0.25) is 0 Å². The first kappa shape index (κ1) is 14.3. The summed E-state index contributed by atoms with van der Waals surface area (Å²) in [6.45, 7) is 1.40. The fourth-order valence-electron chi connectivity index (χ4n) is 2.21. The van der Waals surface area contributed by atoms with Crippen molar-refractivity contribution in [2.45, 2.75) is 25.2 Å². The number of rotatable bonds is 3. The monoisotopic (exact) mass is 316 g/mol. The van der Waals surface area contributed by atoms with Crippen molar-refractivity contribution in [3.63, 3.8) is 0 Å². The van der Waals surface area contributed by atoms with Gasteiger partial charge in [-0.1, -0.05) is 0 Å². The molecule has 0 amide bonds. The van der Waals surface area contributed by atoms with Gasteiger partial charge in [0, 0.05) is 24.9 Å². The molecule has 0 aliphatic carbocycles. The number of thiocarbonyl (C=S) groups is 1. The lowest BCUT2D eigenvalue weighted by molar-refractivity contribution is -0.286. The molecule has 1 fully saturated rings. The predicted molar refractivity (Wildman–Crippen MR) is 75.8 cm³/mol. The molecule has 1 aromatic carbocycles. The number of hydrogen-bond acceptors (Lipinski definition) is 4. The van der Waals surface area contributed by atoms with Crippen LogP contribution in [-0.2, 0) is 4.74 Å². The zero-order chi connectivity index (χ0) is 14.9. The van der Waals surface area contributed by atoms with E-state index in [-0.39, 0.29) is 17.6 Å². The number of fused-ring (bicyclic) bond motifs is 1. The second-order valence-corrected chi connectivity index (χ2v) is 5.21. The number of anilines is 1. The van der Waals surface area contributed by atoms with Gasteiger partial charge in [0.1, 0.15) is 0 Å². The summed E-state index contributed by atoms with van der Waals surface area (Å²) >= 11 is 5.15. The molecule has 8 heteroatoms. The van der Waals surface area contributed by atoms with E-state index in [2.05, 4.69) is 20.1 Å². The second kappa shape index (κ2) is 5.61. The first-order valence-electron chi connectivity index (χ1n) is 6.58. The Morgan fingerprint density at radius 3 is 2.90 bits per heavy atom. The molecule has 0 saturated carbocycles. The van der Waals surface area contributed by atoms with Crippen molar-refractivity contribution in [1.29, 1.82) is 0 Å². The third-order valence-electron chi connectivity index (χ3n) is 3.17. The molecular formula is C13H14F2N2O3S. The Balaban J connectivity index is 1.54. The standard InChI is InChI=1S/C13H14F2N2O3S/c14-13(15)19-10-4-3-8(6-11(10)20-13)17-12(21)16-7-9-2-1-5-18-9/h3-4,6,9H,1-2,5,7H2,(H2,16,17,21)/t9-/m1/s1. The van der Waals surface area contributed by atoms with Gasteiger partial charge in [-0.05, 0) is 37.2 Å². The molecule has 0 aromatic heterocycles. The normalized spacial score (nSPS) is 22.1. The number of hydrogen-bond donors (Lipinski definition) is 2. The maximum atomic E-state index is 12.9. The van der Waals surface area contributed by atoms with E-state index in [4.69, 9.17) is 17.0 Å². The molecule has 2 aliphatic rings. The van der Waals surface area contributed by atoms with Crippen LogP contribution in [0.3, 0.4) is 0 Å². The van der Waals surface area contributed by atoms with Crippen LogP contribution in [0.15, 0.2) is 18.2 Å². The average molecular weight is 316 g/mol. The van der Waals surface area contributed by atoms with E-state index < -0.39 is 6.29 Å². The zero-order valence-electron chi connectivity index (χ0n) is 11.0. The third-order valence-corrected chi connectivity index (χ3v) is 3.42. The van der Waals surface area contributed by atoms with Crippen LogP contribution in [0.1, 0.15) is 12.8 Å². The van der Waals surface area contributed by atoms with Gasteiger partial charge in [0.2, 0.25) is 0 Å². The van der Waals surface area contributed by atoms with Crippen molar-refractivity contribution in [2.24, 2.45) is 0 Å². The minimum atomic E-state index is -3.61. The zero-order valence-corrected chi connectivity index (χ0v) is 11.8. The number of nitrogens with one attached hydrogen (secondary N) is 2. The van der Waals surface area contributed by atoms with Crippen LogP contribution in [0.4, 0.5) is 14.5 Å². The molecule has 21 heavy (non-hydrogen) atoms. The van der Waals surface area contributed by atoms with Crippen LogP contribution >= 0.6 is 12.2 Å². The first-order valence-corrected chi connectivity index (χ1v) is 6.99. The van der Waals surface area contributed by atoms with Crippen molar-refractivity contribution < 1.29 is 23.0 Å². The maximum absolute atomic E-state index is 12.9. The Morgan fingerprint density at radius 1 is 1.33 bits per heavy atom. The minimum Gasteiger partial charge on any atom is -0.395 e. The molecule has 0 unspecified atom stereocenters. The Labute approximate surface area is 125 Å². The lowest BCUT2D eigenvalue weighted by Gasteiger charge is -2.14. The fraction of sp³-hybridized carbons (Fsp3) is 0.462. The average Bonchev–Trinajstić information content (AvgIpc) is 3.01. The van der Waals surface area contributed by atoms with Gasteiger partial charge in [-0.2, -0.15) is 0 Å². The molecule has 3 rings (SSSR count). The van der Waals surface area contributed by atoms with E-state index in [1.165, 1.54) is 12.1 Å². The Bertz CT molecular complexity index is 550. The molecule has 5 nitrogen and oxygen atoms in total. The van der Waals surface area contributed by atoms with Gasteiger partial charge < -0.3 is 24.8 Å². The van der Waals surface area contributed by atoms with Gasteiger partial charge in [0.05, 0.1) is 6.10 Å². The largest absolute Gasteiger partial charge is 0.586 e. The number of benzene rings is 1.